The Balaban J connectivity index is 2.06. The molecule has 2 atom stereocenters. The fourth-order valence-corrected chi connectivity index (χ4v) is 6.40. The summed E-state index contributed by atoms with van der Waals surface area (Å²) < 4.78 is 4.62. The Labute approximate surface area is 208 Å². The summed E-state index contributed by atoms with van der Waals surface area (Å²) in [6, 6.07) is 1.00. The quantitative estimate of drug-likeness (QED) is 0.477. The van der Waals surface area contributed by atoms with E-state index in [-0.39, 0.29) is 29.6 Å². The van der Waals surface area contributed by atoms with Crippen LogP contribution >= 0.6 is 11.8 Å². The summed E-state index contributed by atoms with van der Waals surface area (Å²) in [6.45, 7) is 11.3. The first-order valence-corrected chi connectivity index (χ1v) is 13.6. The van der Waals surface area contributed by atoms with Gasteiger partial charge in [-0.1, -0.05) is 20.8 Å². The number of nitrogens with zero attached hydrogens (tertiary/aromatic N) is 2. The van der Waals surface area contributed by atoms with Crippen LogP contribution < -0.4 is 10.6 Å². The van der Waals surface area contributed by atoms with E-state index in [1.165, 1.54) is 0 Å². The number of likely N-dealkylation sites (tertiary alicyclic amines) is 1. The zero-order valence-corrected chi connectivity index (χ0v) is 22.2. The van der Waals surface area contributed by atoms with E-state index in [4.69, 9.17) is 10.00 Å². The molecule has 3 amide bonds. The van der Waals surface area contributed by atoms with Gasteiger partial charge in [0.05, 0.1) is 12.7 Å². The van der Waals surface area contributed by atoms with Crippen molar-refractivity contribution >= 4 is 29.7 Å². The molecule has 1 saturated carbocycles. The number of carbonyl (C=O) groups excluding carboxylic acids is 3. The molecule has 1 heterocycles. The van der Waals surface area contributed by atoms with Gasteiger partial charge in [0, 0.05) is 23.8 Å². The molecule has 1 aliphatic heterocycles. The number of amides is 3. The molecule has 8 nitrogen and oxygen atoms in total. The third-order valence-electron chi connectivity index (χ3n) is 6.61. The zero-order chi connectivity index (χ0) is 25.3. The van der Waals surface area contributed by atoms with Gasteiger partial charge in [-0.2, -0.15) is 17.0 Å². The second-order valence-corrected chi connectivity index (χ2v) is 12.5. The van der Waals surface area contributed by atoms with Crippen molar-refractivity contribution < 1.29 is 19.1 Å². The van der Waals surface area contributed by atoms with Gasteiger partial charge in [0.2, 0.25) is 11.8 Å². The van der Waals surface area contributed by atoms with Gasteiger partial charge in [0.25, 0.3) is 0 Å². The number of hydrogen-bond donors (Lipinski definition) is 2. The van der Waals surface area contributed by atoms with E-state index in [1.54, 1.807) is 16.7 Å². The van der Waals surface area contributed by atoms with Gasteiger partial charge >= 0.3 is 6.09 Å². The zero-order valence-electron chi connectivity index (χ0n) is 21.4. The molecule has 0 aromatic heterocycles. The molecule has 2 fully saturated rings. The molecule has 2 N–H and O–H groups in total. The SMILES string of the molecule is CCCOC(=O)N[C@@H](C(=O)N1CCC[C@H]1C(=O)NCC1CCC(C#N)CC1)C(C)(C)SC(C)C. The fourth-order valence-electron chi connectivity index (χ4n) is 4.89. The largest absolute Gasteiger partial charge is 0.450 e. The van der Waals surface area contributed by atoms with Crippen molar-refractivity contribution in [3.8, 4) is 6.07 Å². The lowest BCUT2D eigenvalue weighted by molar-refractivity contribution is -0.140. The van der Waals surface area contributed by atoms with Crippen molar-refractivity contribution in [3.05, 3.63) is 0 Å². The maximum Gasteiger partial charge on any atom is 0.407 e. The van der Waals surface area contributed by atoms with Crippen LogP contribution in [0.3, 0.4) is 0 Å². The first kappa shape index (κ1) is 28.3. The maximum absolute atomic E-state index is 13.7. The Morgan fingerprint density at radius 1 is 1.18 bits per heavy atom. The minimum Gasteiger partial charge on any atom is -0.450 e. The molecule has 0 aromatic carbocycles. The van der Waals surface area contributed by atoms with Crippen LogP contribution in [-0.2, 0) is 14.3 Å². The van der Waals surface area contributed by atoms with Crippen molar-refractivity contribution in [1.29, 1.82) is 5.26 Å². The van der Waals surface area contributed by atoms with Crippen molar-refractivity contribution in [1.82, 2.24) is 15.5 Å². The Morgan fingerprint density at radius 2 is 1.85 bits per heavy atom. The molecule has 0 aromatic rings. The molecule has 2 aliphatic rings. The first-order valence-electron chi connectivity index (χ1n) is 12.7. The fraction of sp³-hybridized carbons (Fsp3) is 0.840. The summed E-state index contributed by atoms with van der Waals surface area (Å²) >= 11 is 1.62. The smallest absolute Gasteiger partial charge is 0.407 e. The average Bonchev–Trinajstić information content (AvgIpc) is 3.28. The highest BCUT2D eigenvalue weighted by molar-refractivity contribution is 8.01. The van der Waals surface area contributed by atoms with E-state index in [1.807, 2.05) is 20.8 Å². The summed E-state index contributed by atoms with van der Waals surface area (Å²) in [5, 5.41) is 15.2. The lowest BCUT2D eigenvalue weighted by atomic mass is 9.83. The van der Waals surface area contributed by atoms with E-state index in [0.29, 0.717) is 31.8 Å². The van der Waals surface area contributed by atoms with E-state index in [2.05, 4.69) is 30.6 Å². The van der Waals surface area contributed by atoms with E-state index in [9.17, 15) is 14.4 Å². The second-order valence-electron chi connectivity index (χ2n) is 10.3. The predicted molar refractivity (Wildman–Crippen MR) is 134 cm³/mol. The number of thioether (sulfide) groups is 1. The highest BCUT2D eigenvalue weighted by Gasteiger charge is 2.44. The molecule has 9 heteroatoms. The van der Waals surface area contributed by atoms with Crippen LogP contribution in [0, 0.1) is 23.2 Å². The van der Waals surface area contributed by atoms with Crippen molar-refractivity contribution in [3.63, 3.8) is 0 Å². The molecule has 34 heavy (non-hydrogen) atoms. The highest BCUT2D eigenvalue weighted by atomic mass is 32.2. The lowest BCUT2D eigenvalue weighted by Crippen LogP contribution is -2.60. The minimum atomic E-state index is -0.807. The third kappa shape index (κ3) is 8.07. The summed E-state index contributed by atoms with van der Waals surface area (Å²) in [4.78, 5) is 40.8. The highest BCUT2D eigenvalue weighted by Crippen LogP contribution is 2.34. The molecule has 0 unspecified atom stereocenters. The van der Waals surface area contributed by atoms with Gasteiger partial charge in [0.15, 0.2) is 0 Å². The number of carbonyl (C=O) groups is 3. The van der Waals surface area contributed by atoms with Gasteiger partial charge in [0.1, 0.15) is 12.1 Å². The maximum atomic E-state index is 13.7. The average molecular weight is 495 g/mol. The number of nitriles is 1. The number of alkyl carbamates (subject to hydrolysis) is 1. The summed E-state index contributed by atoms with van der Waals surface area (Å²) in [5.41, 5.74) is 0. The topological polar surface area (TPSA) is 112 Å². The molecule has 1 saturated heterocycles. The standard InChI is InChI=1S/C25H42N4O4S/c1-6-14-33-24(32)28-21(25(4,5)34-17(2)3)23(31)29-13-7-8-20(29)22(30)27-16-19-11-9-18(15-26)10-12-19/h17-21H,6-14,16H2,1-5H3,(H,27,30)(H,28,32)/t18?,19?,20-,21-/m0/s1. The van der Waals surface area contributed by atoms with Crippen LogP contribution in [0.2, 0.25) is 0 Å². The van der Waals surface area contributed by atoms with Crippen molar-refractivity contribution in [2.75, 3.05) is 19.7 Å². The monoisotopic (exact) mass is 494 g/mol. The van der Waals surface area contributed by atoms with Gasteiger partial charge in [-0.15, -0.1) is 0 Å². The van der Waals surface area contributed by atoms with Crippen LogP contribution in [-0.4, -0.2) is 64.6 Å². The Hall–Kier alpha value is -1.95. The van der Waals surface area contributed by atoms with Crippen LogP contribution in [0.1, 0.15) is 79.6 Å². The molecule has 2 rings (SSSR count). The first-order chi connectivity index (χ1) is 16.1. The third-order valence-corrected chi connectivity index (χ3v) is 7.93. The van der Waals surface area contributed by atoms with Gasteiger partial charge in [-0.05, 0) is 70.0 Å². The van der Waals surface area contributed by atoms with Gasteiger partial charge in [-0.25, -0.2) is 4.79 Å². The van der Waals surface area contributed by atoms with Crippen molar-refractivity contribution in [2.24, 2.45) is 11.8 Å². The second kappa shape index (κ2) is 13.2. The molecule has 0 spiro atoms. The summed E-state index contributed by atoms with van der Waals surface area (Å²) in [7, 11) is 0. The molecular formula is C25H42N4O4S. The molecule has 192 valence electrons. The van der Waals surface area contributed by atoms with E-state index < -0.39 is 22.9 Å². The lowest BCUT2D eigenvalue weighted by Gasteiger charge is -2.38. The van der Waals surface area contributed by atoms with Crippen LogP contribution in [0.15, 0.2) is 0 Å². The normalized spacial score (nSPS) is 23.8. The summed E-state index contributed by atoms with van der Waals surface area (Å²) in [6.07, 6.45) is 5.11. The Kier molecular flexibility index (Phi) is 11.0. The summed E-state index contributed by atoms with van der Waals surface area (Å²) in [5.74, 6) is 0.146. The van der Waals surface area contributed by atoms with Gasteiger partial charge < -0.3 is 20.3 Å². The molecular weight excluding hydrogens is 452 g/mol. The van der Waals surface area contributed by atoms with Crippen molar-refractivity contribution in [2.45, 2.75) is 102 Å². The van der Waals surface area contributed by atoms with Crippen LogP contribution in [0.25, 0.3) is 0 Å². The Morgan fingerprint density at radius 3 is 2.44 bits per heavy atom. The molecule has 0 bridgehead atoms. The predicted octanol–water partition coefficient (Wildman–Crippen LogP) is 3.85. The number of rotatable bonds is 10. The van der Waals surface area contributed by atoms with E-state index >= 15 is 0 Å². The van der Waals surface area contributed by atoms with E-state index in [0.717, 1.165) is 32.1 Å². The van der Waals surface area contributed by atoms with Gasteiger partial charge in [-0.3, -0.25) is 9.59 Å². The molecule has 1 aliphatic carbocycles. The number of hydrogen-bond acceptors (Lipinski definition) is 6. The number of ether oxygens (including phenoxy) is 1. The Bertz CT molecular complexity index is 744. The van der Waals surface area contributed by atoms with Crippen LogP contribution in [0.5, 0.6) is 0 Å². The minimum absolute atomic E-state index is 0.130. The number of nitrogens with one attached hydrogen (secondary N) is 2. The molecule has 0 radical (unpaired) electrons. The van der Waals surface area contributed by atoms with Crippen LogP contribution in [0.4, 0.5) is 4.79 Å².